The van der Waals surface area contributed by atoms with E-state index in [1.807, 2.05) is 29.2 Å². The van der Waals surface area contributed by atoms with E-state index in [1.165, 1.54) is 16.6 Å². The first-order valence-electron chi connectivity index (χ1n) is 10.3. The van der Waals surface area contributed by atoms with E-state index in [1.54, 1.807) is 12.1 Å². The standard InChI is InChI=1S/C24H23ClN2O3/c1-14-23(20-12-18(25)3-4-21(20)26-14)15-6-8-27(9-7-15)24(29)16-2-5-22-17(10-16)11-19(28)13-30-22/h2-5,10,12,15,26H,6-9,11,13H2,1H3. The van der Waals surface area contributed by atoms with Gasteiger partial charge in [0.2, 0.25) is 0 Å². The Morgan fingerprint density at radius 2 is 1.97 bits per heavy atom. The van der Waals surface area contributed by atoms with Crippen LogP contribution in [0.5, 0.6) is 5.75 Å². The third kappa shape index (κ3) is 3.37. The number of halogens is 1. The molecule has 0 radical (unpaired) electrons. The number of fused-ring (bicyclic) bond motifs is 2. The van der Waals surface area contributed by atoms with E-state index in [0.29, 0.717) is 36.7 Å². The van der Waals surface area contributed by atoms with E-state index in [0.717, 1.165) is 28.9 Å². The molecule has 0 spiro atoms. The Bertz CT molecular complexity index is 1160. The highest BCUT2D eigenvalue weighted by molar-refractivity contribution is 6.31. The van der Waals surface area contributed by atoms with Crippen LogP contribution in [0.25, 0.3) is 10.9 Å². The Labute approximate surface area is 180 Å². The Kier molecular flexibility index (Phi) is 4.78. The number of aromatic amines is 1. The highest BCUT2D eigenvalue weighted by Crippen LogP contribution is 2.37. The van der Waals surface area contributed by atoms with E-state index in [9.17, 15) is 9.59 Å². The molecule has 0 saturated carbocycles. The zero-order valence-corrected chi connectivity index (χ0v) is 17.6. The van der Waals surface area contributed by atoms with Gasteiger partial charge in [-0.2, -0.15) is 0 Å². The molecule has 3 aromatic rings. The molecule has 1 fully saturated rings. The topological polar surface area (TPSA) is 62.4 Å². The SMILES string of the molecule is Cc1[nH]c2ccc(Cl)cc2c1C1CCN(C(=O)c2ccc3c(c2)CC(=O)CO3)CC1. The maximum absolute atomic E-state index is 13.1. The number of H-pyrrole nitrogens is 1. The number of carbonyl (C=O) groups is 2. The number of carbonyl (C=O) groups excluding carboxylic acids is 2. The molecule has 2 aromatic carbocycles. The third-order valence-electron chi connectivity index (χ3n) is 6.27. The van der Waals surface area contributed by atoms with Crippen LogP contribution < -0.4 is 4.74 Å². The van der Waals surface area contributed by atoms with Crippen LogP contribution in [0.15, 0.2) is 36.4 Å². The van der Waals surface area contributed by atoms with Crippen LogP contribution in [-0.4, -0.2) is 41.3 Å². The molecule has 5 rings (SSSR count). The summed E-state index contributed by atoms with van der Waals surface area (Å²) in [4.78, 5) is 30.1. The number of rotatable bonds is 2. The summed E-state index contributed by atoms with van der Waals surface area (Å²) >= 11 is 6.23. The number of hydrogen-bond donors (Lipinski definition) is 1. The van der Waals surface area contributed by atoms with Gasteiger partial charge in [0.25, 0.3) is 5.91 Å². The van der Waals surface area contributed by atoms with Crippen LogP contribution >= 0.6 is 11.6 Å². The minimum absolute atomic E-state index is 0.0213. The Morgan fingerprint density at radius 3 is 2.77 bits per heavy atom. The highest BCUT2D eigenvalue weighted by Gasteiger charge is 2.28. The second-order valence-corrected chi connectivity index (χ2v) is 8.68. The first-order valence-corrected chi connectivity index (χ1v) is 10.7. The van der Waals surface area contributed by atoms with E-state index in [-0.39, 0.29) is 18.3 Å². The van der Waals surface area contributed by atoms with Crippen LogP contribution in [0.1, 0.15) is 45.9 Å². The van der Waals surface area contributed by atoms with Gasteiger partial charge < -0.3 is 14.6 Å². The van der Waals surface area contributed by atoms with Gasteiger partial charge in [0.15, 0.2) is 5.78 Å². The number of aromatic nitrogens is 1. The number of ketones is 1. The van der Waals surface area contributed by atoms with Gasteiger partial charge in [0.1, 0.15) is 12.4 Å². The third-order valence-corrected chi connectivity index (χ3v) is 6.51. The quantitative estimate of drug-likeness (QED) is 0.653. The van der Waals surface area contributed by atoms with Gasteiger partial charge in [-0.15, -0.1) is 0 Å². The molecule has 0 unspecified atom stereocenters. The van der Waals surface area contributed by atoms with Crippen LogP contribution in [-0.2, 0) is 11.2 Å². The molecule has 0 aliphatic carbocycles. The lowest BCUT2D eigenvalue weighted by Gasteiger charge is -2.32. The molecule has 30 heavy (non-hydrogen) atoms. The Hall–Kier alpha value is -2.79. The molecule has 0 bridgehead atoms. The smallest absolute Gasteiger partial charge is 0.253 e. The second-order valence-electron chi connectivity index (χ2n) is 8.25. The molecule has 5 nitrogen and oxygen atoms in total. The van der Waals surface area contributed by atoms with Crippen LogP contribution in [0, 0.1) is 6.92 Å². The number of likely N-dealkylation sites (tertiary alicyclic amines) is 1. The molecule has 154 valence electrons. The van der Waals surface area contributed by atoms with Gasteiger partial charge in [-0.3, -0.25) is 9.59 Å². The predicted octanol–water partition coefficient (Wildman–Crippen LogP) is 4.65. The average molecular weight is 423 g/mol. The number of ether oxygens (including phenoxy) is 1. The summed E-state index contributed by atoms with van der Waals surface area (Å²) in [6, 6.07) is 11.4. The van der Waals surface area contributed by atoms with Gasteiger partial charge in [0.05, 0.1) is 0 Å². The van der Waals surface area contributed by atoms with Gasteiger partial charge in [-0.1, -0.05) is 11.6 Å². The maximum Gasteiger partial charge on any atom is 0.253 e. The fourth-order valence-corrected chi connectivity index (χ4v) is 4.98. The summed E-state index contributed by atoms with van der Waals surface area (Å²) in [6.07, 6.45) is 2.16. The largest absolute Gasteiger partial charge is 0.486 e. The molecular weight excluding hydrogens is 400 g/mol. The number of benzene rings is 2. The van der Waals surface area contributed by atoms with Gasteiger partial charge in [-0.25, -0.2) is 0 Å². The fraction of sp³-hybridized carbons (Fsp3) is 0.333. The number of Topliss-reactive ketones (excluding diaryl/α,β-unsaturated/α-hetero) is 1. The molecule has 2 aliphatic heterocycles. The molecule has 6 heteroatoms. The van der Waals surface area contributed by atoms with Crippen molar-refractivity contribution in [3.05, 3.63) is 63.8 Å². The molecule has 1 amide bonds. The van der Waals surface area contributed by atoms with Crippen molar-refractivity contribution in [2.45, 2.75) is 32.1 Å². The zero-order chi connectivity index (χ0) is 20.8. The van der Waals surface area contributed by atoms with Crippen molar-refractivity contribution in [2.75, 3.05) is 19.7 Å². The average Bonchev–Trinajstić information content (AvgIpc) is 3.07. The minimum atomic E-state index is 0.0213. The van der Waals surface area contributed by atoms with E-state index >= 15 is 0 Å². The molecule has 1 aromatic heterocycles. The summed E-state index contributed by atoms with van der Waals surface area (Å²) in [5.41, 5.74) is 5.04. The normalized spacial score (nSPS) is 17.1. The Morgan fingerprint density at radius 1 is 1.17 bits per heavy atom. The Balaban J connectivity index is 1.32. The van der Waals surface area contributed by atoms with Gasteiger partial charge >= 0.3 is 0 Å². The van der Waals surface area contributed by atoms with Crippen molar-refractivity contribution < 1.29 is 14.3 Å². The van der Waals surface area contributed by atoms with E-state index in [4.69, 9.17) is 16.3 Å². The summed E-state index contributed by atoms with van der Waals surface area (Å²) < 4.78 is 5.44. The van der Waals surface area contributed by atoms with E-state index < -0.39 is 0 Å². The number of amides is 1. The number of nitrogens with zero attached hydrogens (tertiary/aromatic N) is 1. The fourth-order valence-electron chi connectivity index (χ4n) is 4.81. The lowest BCUT2D eigenvalue weighted by Crippen LogP contribution is -2.38. The molecular formula is C24H23ClN2O3. The summed E-state index contributed by atoms with van der Waals surface area (Å²) in [7, 11) is 0. The number of piperidine rings is 1. The minimum Gasteiger partial charge on any atom is -0.486 e. The monoisotopic (exact) mass is 422 g/mol. The van der Waals surface area contributed by atoms with Gasteiger partial charge in [-0.05, 0) is 67.6 Å². The molecule has 0 atom stereocenters. The van der Waals surface area contributed by atoms with Crippen LogP contribution in [0.3, 0.4) is 0 Å². The lowest BCUT2D eigenvalue weighted by atomic mass is 9.87. The molecule has 2 aliphatic rings. The van der Waals surface area contributed by atoms with Crippen molar-refractivity contribution in [1.29, 1.82) is 0 Å². The van der Waals surface area contributed by atoms with Crippen molar-refractivity contribution in [2.24, 2.45) is 0 Å². The van der Waals surface area contributed by atoms with Crippen LogP contribution in [0.2, 0.25) is 5.02 Å². The first-order chi connectivity index (χ1) is 14.5. The van der Waals surface area contributed by atoms with E-state index in [2.05, 4.69) is 11.9 Å². The van der Waals surface area contributed by atoms with Crippen molar-refractivity contribution in [1.82, 2.24) is 9.88 Å². The summed E-state index contributed by atoms with van der Waals surface area (Å²) in [5, 5.41) is 1.93. The predicted molar refractivity (Wildman–Crippen MR) is 117 cm³/mol. The maximum atomic E-state index is 13.1. The van der Waals surface area contributed by atoms with Crippen molar-refractivity contribution in [3.63, 3.8) is 0 Å². The van der Waals surface area contributed by atoms with Crippen molar-refractivity contribution in [3.8, 4) is 5.75 Å². The first kappa shape index (κ1) is 19.2. The molecule has 3 heterocycles. The molecule has 1 saturated heterocycles. The summed E-state index contributed by atoms with van der Waals surface area (Å²) in [6.45, 7) is 3.65. The molecule has 1 N–H and O–H groups in total. The lowest BCUT2D eigenvalue weighted by molar-refractivity contribution is -0.121. The summed E-state index contributed by atoms with van der Waals surface area (Å²) in [5.74, 6) is 1.17. The number of aryl methyl sites for hydroxylation is 1. The second kappa shape index (κ2) is 7.47. The van der Waals surface area contributed by atoms with Crippen LogP contribution in [0.4, 0.5) is 0 Å². The zero-order valence-electron chi connectivity index (χ0n) is 16.8. The van der Waals surface area contributed by atoms with Crippen molar-refractivity contribution >= 4 is 34.2 Å². The number of nitrogens with one attached hydrogen (secondary N) is 1. The highest BCUT2D eigenvalue weighted by atomic mass is 35.5. The van der Waals surface area contributed by atoms with Gasteiger partial charge in [0, 0.05) is 52.3 Å². The number of hydrogen-bond acceptors (Lipinski definition) is 3.